The minimum absolute atomic E-state index is 0.184. The van der Waals surface area contributed by atoms with Crippen LogP contribution in [0.1, 0.15) is 30.5 Å². The van der Waals surface area contributed by atoms with E-state index in [1.54, 1.807) is 0 Å². The monoisotopic (exact) mass is 346 g/mol. The van der Waals surface area contributed by atoms with Crippen LogP contribution in [0.4, 0.5) is 17.2 Å². The van der Waals surface area contributed by atoms with Crippen LogP contribution in [0.3, 0.4) is 0 Å². The number of fused-ring (bicyclic) bond motifs is 4. The molecule has 0 radical (unpaired) electrons. The zero-order valence-corrected chi connectivity index (χ0v) is 15.2. The van der Waals surface area contributed by atoms with Gasteiger partial charge < -0.3 is 0 Å². The lowest BCUT2D eigenvalue weighted by molar-refractivity contribution is 0.622. The van der Waals surface area contributed by atoms with Gasteiger partial charge in [-0.15, -0.1) is 0 Å². The Labute approximate surface area is 149 Å². The molecule has 0 amide bonds. The second-order valence-corrected chi connectivity index (χ2v) is 8.64. The molecule has 2 aliphatic heterocycles. The summed E-state index contributed by atoms with van der Waals surface area (Å²) >= 11 is 0. The van der Waals surface area contributed by atoms with Gasteiger partial charge in [-0.05, 0) is 42.3 Å². The summed E-state index contributed by atoms with van der Waals surface area (Å²) in [6.45, 7) is 6.50. The maximum absolute atomic E-state index is 13.2. The molecule has 3 nitrogen and oxygen atoms in total. The molecular weight excluding hydrogens is 328 g/mol. The van der Waals surface area contributed by atoms with Gasteiger partial charge in [0.1, 0.15) is 5.82 Å². The van der Waals surface area contributed by atoms with Gasteiger partial charge >= 0.3 is 0 Å². The number of hydrogen-bond acceptors (Lipinski definition) is 3. The van der Waals surface area contributed by atoms with Gasteiger partial charge in [0.15, 0.2) is 0 Å². The molecule has 2 aliphatic rings. The highest BCUT2D eigenvalue weighted by Gasteiger charge is 2.42. The number of pyridine rings is 1. The molecule has 0 bridgehead atoms. The van der Waals surface area contributed by atoms with Crippen LogP contribution in [0.5, 0.6) is 0 Å². The molecule has 0 aliphatic carbocycles. The fourth-order valence-electron chi connectivity index (χ4n) is 4.03. The number of nitrogens with zero attached hydrogens (tertiary/aromatic N) is 2. The predicted octanol–water partition coefficient (Wildman–Crippen LogP) is 4.98. The molecule has 25 heavy (non-hydrogen) atoms. The van der Waals surface area contributed by atoms with Crippen molar-refractivity contribution in [2.75, 3.05) is 4.90 Å². The quantitative estimate of drug-likeness (QED) is 0.450. The van der Waals surface area contributed by atoms with E-state index in [0.29, 0.717) is 0 Å². The maximum Gasteiger partial charge on any atom is 0.141 e. The fourth-order valence-corrected chi connectivity index (χ4v) is 5.38. The van der Waals surface area contributed by atoms with Crippen molar-refractivity contribution < 1.29 is 4.21 Å². The summed E-state index contributed by atoms with van der Waals surface area (Å²) in [5.41, 5.74) is 5.38. The van der Waals surface area contributed by atoms with Crippen LogP contribution in [0.15, 0.2) is 64.5 Å². The minimum Gasteiger partial charge on any atom is -0.292 e. The molecule has 1 aromatic heterocycles. The zero-order chi connectivity index (χ0) is 17.3. The number of aromatic nitrogens is 1. The summed E-state index contributed by atoms with van der Waals surface area (Å²) in [4.78, 5) is 8.65. The highest BCUT2D eigenvalue weighted by atomic mass is 32.2. The van der Waals surface area contributed by atoms with E-state index in [4.69, 9.17) is 4.98 Å². The van der Waals surface area contributed by atoms with Crippen molar-refractivity contribution in [2.45, 2.75) is 36.0 Å². The molecular formula is C21H18N2OS. The number of hydrogen-bond donors (Lipinski definition) is 0. The standard InChI is InChI=1S/C21H18N2OS/c1-13-9-10-17-16(12-13)23-19-14(6-4-8-18(19)25(17)24)21(2,3)15-7-5-11-22-20(15)23/h4-12H,1-3H3. The Kier molecular flexibility index (Phi) is 2.85. The van der Waals surface area contributed by atoms with Crippen molar-refractivity contribution in [3.63, 3.8) is 0 Å². The third-order valence-corrected chi connectivity index (χ3v) is 6.80. The van der Waals surface area contributed by atoms with Gasteiger partial charge in [-0.1, -0.05) is 38.1 Å². The lowest BCUT2D eigenvalue weighted by Crippen LogP contribution is -2.34. The molecule has 1 unspecified atom stereocenters. The van der Waals surface area contributed by atoms with Crippen molar-refractivity contribution in [1.82, 2.24) is 4.98 Å². The summed E-state index contributed by atoms with van der Waals surface area (Å²) in [5, 5.41) is 0. The number of para-hydroxylation sites is 1. The van der Waals surface area contributed by atoms with Crippen LogP contribution in [-0.2, 0) is 16.2 Å². The van der Waals surface area contributed by atoms with Gasteiger partial charge in [-0.2, -0.15) is 0 Å². The second kappa shape index (κ2) is 4.79. The molecule has 4 heteroatoms. The Morgan fingerprint density at radius 3 is 2.64 bits per heavy atom. The van der Waals surface area contributed by atoms with Crippen molar-refractivity contribution >= 4 is 28.0 Å². The van der Waals surface area contributed by atoms with E-state index < -0.39 is 10.8 Å². The summed E-state index contributed by atoms with van der Waals surface area (Å²) in [5.74, 6) is 0.941. The molecule has 0 saturated carbocycles. The molecule has 1 atom stereocenters. The first-order chi connectivity index (χ1) is 12.0. The molecule has 0 saturated heterocycles. The van der Waals surface area contributed by atoms with E-state index in [0.717, 1.165) is 32.5 Å². The second-order valence-electron chi connectivity index (χ2n) is 7.23. The Morgan fingerprint density at radius 1 is 1.00 bits per heavy atom. The summed E-state index contributed by atoms with van der Waals surface area (Å²) in [7, 11) is -1.18. The Balaban J connectivity index is 1.96. The summed E-state index contributed by atoms with van der Waals surface area (Å²) in [6.07, 6.45) is 1.84. The molecule has 0 spiro atoms. The van der Waals surface area contributed by atoms with E-state index in [1.807, 2.05) is 36.5 Å². The Morgan fingerprint density at radius 2 is 1.80 bits per heavy atom. The maximum atomic E-state index is 13.2. The van der Waals surface area contributed by atoms with E-state index in [9.17, 15) is 4.21 Å². The van der Waals surface area contributed by atoms with Crippen molar-refractivity contribution in [1.29, 1.82) is 0 Å². The van der Waals surface area contributed by atoms with Gasteiger partial charge in [0.05, 0.1) is 32.0 Å². The van der Waals surface area contributed by atoms with Gasteiger partial charge in [-0.3, -0.25) is 4.90 Å². The Hall–Kier alpha value is -2.46. The zero-order valence-electron chi connectivity index (χ0n) is 14.4. The van der Waals surface area contributed by atoms with E-state index >= 15 is 0 Å². The topological polar surface area (TPSA) is 33.2 Å². The molecule has 0 N–H and O–H groups in total. The lowest BCUT2D eigenvalue weighted by atomic mass is 9.74. The first-order valence-corrected chi connectivity index (χ1v) is 9.56. The van der Waals surface area contributed by atoms with Crippen molar-refractivity contribution in [2.24, 2.45) is 0 Å². The highest BCUT2D eigenvalue weighted by Crippen LogP contribution is 2.56. The first kappa shape index (κ1) is 14.8. The first-order valence-electron chi connectivity index (χ1n) is 8.41. The number of rotatable bonds is 0. The third-order valence-electron chi connectivity index (χ3n) is 5.32. The highest BCUT2D eigenvalue weighted by molar-refractivity contribution is 7.85. The molecule has 124 valence electrons. The minimum atomic E-state index is -1.18. The molecule has 3 heterocycles. The van der Waals surface area contributed by atoms with E-state index in [1.165, 1.54) is 11.1 Å². The average Bonchev–Trinajstić information content (AvgIpc) is 2.61. The average molecular weight is 346 g/mol. The van der Waals surface area contributed by atoms with Crippen LogP contribution in [0.2, 0.25) is 0 Å². The van der Waals surface area contributed by atoms with Gasteiger partial charge in [0.2, 0.25) is 0 Å². The van der Waals surface area contributed by atoms with Crippen LogP contribution >= 0.6 is 0 Å². The molecule has 2 aromatic carbocycles. The van der Waals surface area contributed by atoms with Gasteiger partial charge in [-0.25, -0.2) is 9.19 Å². The van der Waals surface area contributed by atoms with Gasteiger partial charge in [0, 0.05) is 17.2 Å². The number of aryl methyl sites for hydroxylation is 1. The predicted molar refractivity (Wildman–Crippen MR) is 100 cm³/mol. The summed E-state index contributed by atoms with van der Waals surface area (Å²) < 4.78 is 13.2. The van der Waals surface area contributed by atoms with Crippen LogP contribution in [0.25, 0.3) is 0 Å². The van der Waals surface area contributed by atoms with Crippen LogP contribution < -0.4 is 4.90 Å². The molecule has 0 fully saturated rings. The Bertz CT molecular complexity index is 1070. The molecule has 5 rings (SSSR count). The van der Waals surface area contributed by atoms with Crippen molar-refractivity contribution in [3.05, 3.63) is 71.4 Å². The SMILES string of the molecule is Cc1ccc2c(c1)N1c3ncccc3C(C)(C)c3cccc(c31)S2=O. The molecule has 3 aromatic rings. The number of benzene rings is 2. The fraction of sp³-hybridized carbons (Fsp3) is 0.190. The van der Waals surface area contributed by atoms with Crippen LogP contribution in [0, 0.1) is 6.92 Å². The largest absolute Gasteiger partial charge is 0.292 e. The van der Waals surface area contributed by atoms with Gasteiger partial charge in [0.25, 0.3) is 0 Å². The summed E-state index contributed by atoms with van der Waals surface area (Å²) in [6, 6.07) is 16.4. The van der Waals surface area contributed by atoms with E-state index in [-0.39, 0.29) is 5.41 Å². The van der Waals surface area contributed by atoms with Crippen LogP contribution in [-0.4, -0.2) is 9.19 Å². The smallest absolute Gasteiger partial charge is 0.141 e. The van der Waals surface area contributed by atoms with Crippen molar-refractivity contribution in [3.8, 4) is 0 Å². The lowest BCUT2D eigenvalue weighted by Gasteiger charge is -2.44. The number of anilines is 3. The van der Waals surface area contributed by atoms with E-state index in [2.05, 4.69) is 43.9 Å². The normalized spacial score (nSPS) is 19.0. The third kappa shape index (κ3) is 1.80.